The Balaban J connectivity index is 1.85. The summed E-state index contributed by atoms with van der Waals surface area (Å²) in [5.74, 6) is 3.16. The standard InChI is InChI=1S/C15H16FNO2/c1-2-3-12-8-10-17(11-9-12)15(18)19-14-6-4-13(16)5-7-14/h1,4-7,12H,3,8-11H2. The number of carbonyl (C=O) groups is 1. The third kappa shape index (κ3) is 3.72. The highest BCUT2D eigenvalue weighted by molar-refractivity contribution is 5.70. The molecule has 0 saturated carbocycles. The van der Waals surface area contributed by atoms with Crippen LogP contribution in [0.1, 0.15) is 19.3 Å². The van der Waals surface area contributed by atoms with Crippen LogP contribution in [0.15, 0.2) is 24.3 Å². The molecule has 1 aromatic carbocycles. The fourth-order valence-electron chi connectivity index (χ4n) is 2.15. The molecule has 0 aromatic heterocycles. The summed E-state index contributed by atoms with van der Waals surface area (Å²) < 4.78 is 17.9. The highest BCUT2D eigenvalue weighted by Crippen LogP contribution is 2.21. The predicted molar refractivity (Wildman–Crippen MR) is 70.2 cm³/mol. The molecule has 3 nitrogen and oxygen atoms in total. The lowest BCUT2D eigenvalue weighted by molar-refractivity contribution is 0.131. The largest absolute Gasteiger partial charge is 0.415 e. The number of amides is 1. The van der Waals surface area contributed by atoms with Gasteiger partial charge in [-0.2, -0.15) is 0 Å². The van der Waals surface area contributed by atoms with Gasteiger partial charge in [0.2, 0.25) is 0 Å². The maximum absolute atomic E-state index is 12.7. The number of terminal acetylenes is 1. The normalized spacial score (nSPS) is 15.9. The van der Waals surface area contributed by atoms with Crippen molar-refractivity contribution in [3.05, 3.63) is 30.1 Å². The van der Waals surface area contributed by atoms with Gasteiger partial charge in [0.15, 0.2) is 0 Å². The molecule has 1 aromatic rings. The Hall–Kier alpha value is -2.02. The van der Waals surface area contributed by atoms with Crippen LogP contribution in [-0.4, -0.2) is 24.1 Å². The van der Waals surface area contributed by atoms with E-state index in [1.165, 1.54) is 24.3 Å². The van der Waals surface area contributed by atoms with Gasteiger partial charge in [-0.3, -0.25) is 0 Å². The number of benzene rings is 1. The van der Waals surface area contributed by atoms with Crippen LogP contribution >= 0.6 is 0 Å². The first-order valence-corrected chi connectivity index (χ1v) is 6.35. The molecule has 0 spiro atoms. The molecule has 0 radical (unpaired) electrons. The Morgan fingerprint density at radius 3 is 2.58 bits per heavy atom. The van der Waals surface area contributed by atoms with Gasteiger partial charge < -0.3 is 9.64 Å². The number of hydrogen-bond acceptors (Lipinski definition) is 2. The van der Waals surface area contributed by atoms with E-state index in [-0.39, 0.29) is 11.9 Å². The maximum atomic E-state index is 12.7. The number of nitrogens with zero attached hydrogens (tertiary/aromatic N) is 1. The molecule has 1 amide bonds. The topological polar surface area (TPSA) is 29.5 Å². The molecule has 0 aliphatic carbocycles. The van der Waals surface area contributed by atoms with Crippen molar-refractivity contribution in [2.24, 2.45) is 5.92 Å². The van der Waals surface area contributed by atoms with Crippen molar-refractivity contribution >= 4 is 6.09 Å². The summed E-state index contributed by atoms with van der Waals surface area (Å²) in [6.07, 6.45) is 7.47. The monoisotopic (exact) mass is 261 g/mol. The van der Waals surface area contributed by atoms with Crippen LogP contribution in [0, 0.1) is 24.1 Å². The van der Waals surface area contributed by atoms with Crippen molar-refractivity contribution < 1.29 is 13.9 Å². The minimum absolute atomic E-state index is 0.352. The number of carbonyl (C=O) groups excluding carboxylic acids is 1. The smallest absolute Gasteiger partial charge is 0.410 e. The van der Waals surface area contributed by atoms with Gasteiger partial charge in [-0.1, -0.05) is 0 Å². The van der Waals surface area contributed by atoms with E-state index >= 15 is 0 Å². The highest BCUT2D eigenvalue weighted by atomic mass is 19.1. The van der Waals surface area contributed by atoms with Crippen molar-refractivity contribution in [2.75, 3.05) is 13.1 Å². The second kappa shape index (κ2) is 6.24. The maximum Gasteiger partial charge on any atom is 0.415 e. The van der Waals surface area contributed by atoms with Crippen LogP contribution in [0.5, 0.6) is 5.75 Å². The van der Waals surface area contributed by atoms with Gasteiger partial charge in [0.1, 0.15) is 11.6 Å². The van der Waals surface area contributed by atoms with Crippen LogP contribution in [0.3, 0.4) is 0 Å². The van der Waals surface area contributed by atoms with E-state index in [9.17, 15) is 9.18 Å². The van der Waals surface area contributed by atoms with Gasteiger partial charge in [0, 0.05) is 19.5 Å². The molecule has 19 heavy (non-hydrogen) atoms. The fourth-order valence-corrected chi connectivity index (χ4v) is 2.15. The second-order valence-corrected chi connectivity index (χ2v) is 4.66. The quantitative estimate of drug-likeness (QED) is 0.766. The summed E-state index contributed by atoms with van der Waals surface area (Å²) in [6.45, 7) is 1.32. The second-order valence-electron chi connectivity index (χ2n) is 4.66. The van der Waals surface area contributed by atoms with Crippen molar-refractivity contribution in [1.29, 1.82) is 0 Å². The van der Waals surface area contributed by atoms with Gasteiger partial charge in [0.25, 0.3) is 0 Å². The van der Waals surface area contributed by atoms with Crippen molar-refractivity contribution in [2.45, 2.75) is 19.3 Å². The van der Waals surface area contributed by atoms with Crippen molar-refractivity contribution in [3.63, 3.8) is 0 Å². The van der Waals surface area contributed by atoms with E-state index in [4.69, 9.17) is 11.2 Å². The summed E-state index contributed by atoms with van der Waals surface area (Å²) in [7, 11) is 0. The van der Waals surface area contributed by atoms with E-state index in [0.717, 1.165) is 19.3 Å². The predicted octanol–water partition coefficient (Wildman–Crippen LogP) is 3.06. The zero-order valence-electron chi connectivity index (χ0n) is 10.6. The van der Waals surface area contributed by atoms with Crippen LogP contribution < -0.4 is 4.74 Å². The first-order chi connectivity index (χ1) is 9.19. The summed E-state index contributed by atoms with van der Waals surface area (Å²) in [6, 6.07) is 5.42. The third-order valence-corrected chi connectivity index (χ3v) is 3.30. The number of piperidine rings is 1. The Morgan fingerprint density at radius 2 is 2.00 bits per heavy atom. The number of likely N-dealkylation sites (tertiary alicyclic amines) is 1. The molecule has 1 saturated heterocycles. The molecule has 0 N–H and O–H groups in total. The molecule has 0 bridgehead atoms. The summed E-state index contributed by atoms with van der Waals surface area (Å²) in [5.41, 5.74) is 0. The molecular weight excluding hydrogens is 245 g/mol. The van der Waals surface area contributed by atoms with Crippen LogP contribution in [-0.2, 0) is 0 Å². The van der Waals surface area contributed by atoms with E-state index in [1.807, 2.05) is 0 Å². The molecule has 1 fully saturated rings. The van der Waals surface area contributed by atoms with Gasteiger partial charge in [-0.25, -0.2) is 9.18 Å². The molecule has 0 unspecified atom stereocenters. The van der Waals surface area contributed by atoms with E-state index in [1.54, 1.807) is 4.90 Å². The Morgan fingerprint density at radius 1 is 1.37 bits per heavy atom. The van der Waals surface area contributed by atoms with Gasteiger partial charge in [0.05, 0.1) is 0 Å². The van der Waals surface area contributed by atoms with E-state index in [2.05, 4.69) is 5.92 Å². The molecule has 100 valence electrons. The summed E-state index contributed by atoms with van der Waals surface area (Å²) in [4.78, 5) is 13.5. The van der Waals surface area contributed by atoms with Crippen molar-refractivity contribution in [3.8, 4) is 18.1 Å². The number of halogens is 1. The van der Waals surface area contributed by atoms with Crippen LogP contribution in [0.2, 0.25) is 0 Å². The lowest BCUT2D eigenvalue weighted by Crippen LogP contribution is -2.40. The molecule has 1 aliphatic rings. The molecule has 0 atom stereocenters. The molecule has 1 heterocycles. The summed E-state index contributed by atoms with van der Waals surface area (Å²) in [5, 5.41) is 0. The number of rotatable bonds is 2. The lowest BCUT2D eigenvalue weighted by Gasteiger charge is -2.30. The average Bonchev–Trinajstić information content (AvgIpc) is 2.42. The first kappa shape index (κ1) is 13.4. The number of hydrogen-bond donors (Lipinski definition) is 0. The first-order valence-electron chi connectivity index (χ1n) is 6.35. The molecular formula is C15H16FNO2. The Bertz CT molecular complexity index is 470. The van der Waals surface area contributed by atoms with Crippen LogP contribution in [0.25, 0.3) is 0 Å². The Labute approximate surface area is 112 Å². The highest BCUT2D eigenvalue weighted by Gasteiger charge is 2.23. The van der Waals surface area contributed by atoms with E-state index < -0.39 is 0 Å². The third-order valence-electron chi connectivity index (χ3n) is 3.30. The van der Waals surface area contributed by atoms with E-state index in [0.29, 0.717) is 24.8 Å². The fraction of sp³-hybridized carbons (Fsp3) is 0.400. The zero-order valence-corrected chi connectivity index (χ0v) is 10.6. The lowest BCUT2D eigenvalue weighted by atomic mass is 9.94. The minimum atomic E-state index is -0.384. The zero-order chi connectivity index (χ0) is 13.7. The summed E-state index contributed by atoms with van der Waals surface area (Å²) >= 11 is 0. The van der Waals surface area contributed by atoms with Gasteiger partial charge in [-0.05, 0) is 43.0 Å². The number of ether oxygens (including phenoxy) is 1. The minimum Gasteiger partial charge on any atom is -0.410 e. The van der Waals surface area contributed by atoms with Gasteiger partial charge in [-0.15, -0.1) is 12.3 Å². The molecule has 2 rings (SSSR count). The van der Waals surface area contributed by atoms with Crippen LogP contribution in [0.4, 0.5) is 9.18 Å². The Kier molecular flexibility index (Phi) is 4.40. The SMILES string of the molecule is C#CCC1CCN(C(=O)Oc2ccc(F)cc2)CC1. The van der Waals surface area contributed by atoms with Crippen molar-refractivity contribution in [1.82, 2.24) is 4.90 Å². The van der Waals surface area contributed by atoms with Gasteiger partial charge >= 0.3 is 6.09 Å². The molecule has 1 aliphatic heterocycles. The molecule has 4 heteroatoms. The average molecular weight is 261 g/mol.